The van der Waals surface area contributed by atoms with Crippen LogP contribution in [0.15, 0.2) is 16.5 Å². The van der Waals surface area contributed by atoms with Crippen molar-refractivity contribution >= 4 is 34.9 Å². The van der Waals surface area contributed by atoms with Gasteiger partial charge in [-0.15, -0.1) is 16.4 Å². The van der Waals surface area contributed by atoms with Gasteiger partial charge in [-0.3, -0.25) is 10.1 Å². The topological polar surface area (TPSA) is 77.2 Å². The van der Waals surface area contributed by atoms with Crippen molar-refractivity contribution in [2.45, 2.75) is 18.9 Å². The minimum Gasteiger partial charge on any atom is -0.405 e. The molecule has 1 amide bonds. The van der Waals surface area contributed by atoms with E-state index in [9.17, 15) is 4.79 Å². The maximum Gasteiger partial charge on any atom is 0.322 e. The van der Waals surface area contributed by atoms with E-state index in [0.717, 1.165) is 12.8 Å². The molecule has 0 aliphatic carbocycles. The molecule has 1 saturated heterocycles. The molecule has 0 aromatic carbocycles. The van der Waals surface area contributed by atoms with Crippen molar-refractivity contribution in [1.82, 2.24) is 10.2 Å². The Balaban J connectivity index is 1.68. The molecule has 1 aliphatic heterocycles. The molecule has 2 aromatic rings. The molecule has 1 N–H and O–H groups in total. The molecule has 100 valence electrons. The average molecular weight is 300 g/mol. The second-order valence-corrected chi connectivity index (χ2v) is 5.72. The largest absolute Gasteiger partial charge is 0.405 e. The number of halogens is 1. The van der Waals surface area contributed by atoms with Crippen LogP contribution in [0.25, 0.3) is 0 Å². The van der Waals surface area contributed by atoms with E-state index in [1.165, 1.54) is 11.3 Å². The second kappa shape index (κ2) is 5.28. The van der Waals surface area contributed by atoms with Gasteiger partial charge in [0.2, 0.25) is 5.89 Å². The average Bonchev–Trinajstić information content (AvgIpc) is 3.07. The van der Waals surface area contributed by atoms with Gasteiger partial charge < -0.3 is 9.15 Å². The van der Waals surface area contributed by atoms with E-state index in [-0.39, 0.29) is 18.0 Å². The first-order valence-electron chi connectivity index (χ1n) is 5.74. The number of anilines is 1. The molecular weight excluding hydrogens is 290 g/mol. The van der Waals surface area contributed by atoms with Crippen LogP contribution in [0.3, 0.4) is 0 Å². The Bertz CT molecular complexity index is 592. The summed E-state index contributed by atoms with van der Waals surface area (Å²) in [5.41, 5.74) is 0. The molecule has 0 radical (unpaired) electrons. The monoisotopic (exact) mass is 299 g/mol. The standard InChI is InChI=1S/C11H10ClN3O3S/c12-8-4-3-7(19-8)9(16)13-11-15-14-10(18-11)6-2-1-5-17-6/h3-4,6H,1-2,5H2,(H,13,15,16). The highest BCUT2D eigenvalue weighted by molar-refractivity contribution is 7.18. The number of nitrogens with one attached hydrogen (secondary N) is 1. The van der Waals surface area contributed by atoms with Crippen LogP contribution in [-0.4, -0.2) is 22.7 Å². The van der Waals surface area contributed by atoms with Gasteiger partial charge in [-0.1, -0.05) is 16.7 Å². The number of thiophene rings is 1. The molecule has 1 atom stereocenters. The third-order valence-electron chi connectivity index (χ3n) is 2.66. The molecule has 0 saturated carbocycles. The van der Waals surface area contributed by atoms with Crippen LogP contribution in [0.5, 0.6) is 0 Å². The number of amides is 1. The van der Waals surface area contributed by atoms with Gasteiger partial charge in [-0.2, -0.15) is 0 Å². The Labute approximate surface area is 117 Å². The van der Waals surface area contributed by atoms with Gasteiger partial charge >= 0.3 is 6.01 Å². The van der Waals surface area contributed by atoms with Crippen molar-refractivity contribution in [1.29, 1.82) is 0 Å². The van der Waals surface area contributed by atoms with Crippen molar-refractivity contribution < 1.29 is 13.9 Å². The Kier molecular flexibility index (Phi) is 3.50. The van der Waals surface area contributed by atoms with E-state index < -0.39 is 0 Å². The third kappa shape index (κ3) is 2.78. The maximum atomic E-state index is 11.8. The van der Waals surface area contributed by atoms with Crippen molar-refractivity contribution in [2.24, 2.45) is 0 Å². The lowest BCUT2D eigenvalue weighted by molar-refractivity contribution is 0.0893. The summed E-state index contributed by atoms with van der Waals surface area (Å²) in [6.07, 6.45) is 1.67. The van der Waals surface area contributed by atoms with Gasteiger partial charge in [-0.25, -0.2) is 0 Å². The van der Waals surface area contributed by atoms with Crippen molar-refractivity contribution in [2.75, 3.05) is 11.9 Å². The van der Waals surface area contributed by atoms with Gasteiger partial charge in [-0.05, 0) is 25.0 Å². The highest BCUT2D eigenvalue weighted by atomic mass is 35.5. The first-order valence-corrected chi connectivity index (χ1v) is 6.93. The molecule has 0 bridgehead atoms. The summed E-state index contributed by atoms with van der Waals surface area (Å²) in [4.78, 5) is 12.3. The summed E-state index contributed by atoms with van der Waals surface area (Å²) in [7, 11) is 0. The number of ether oxygens (including phenoxy) is 1. The lowest BCUT2D eigenvalue weighted by atomic mass is 10.2. The Morgan fingerprint density at radius 1 is 1.47 bits per heavy atom. The minimum atomic E-state index is -0.320. The number of hydrogen-bond acceptors (Lipinski definition) is 6. The summed E-state index contributed by atoms with van der Waals surface area (Å²) in [5.74, 6) is 0.0800. The Morgan fingerprint density at radius 3 is 3.05 bits per heavy atom. The van der Waals surface area contributed by atoms with Gasteiger partial charge in [0, 0.05) is 6.61 Å². The highest BCUT2D eigenvalue weighted by Crippen LogP contribution is 2.28. The fourth-order valence-corrected chi connectivity index (χ4v) is 2.72. The zero-order valence-corrected chi connectivity index (χ0v) is 11.3. The minimum absolute atomic E-state index is 0.0695. The molecule has 2 aromatic heterocycles. The van der Waals surface area contributed by atoms with Crippen molar-refractivity contribution in [3.8, 4) is 0 Å². The maximum absolute atomic E-state index is 11.8. The quantitative estimate of drug-likeness (QED) is 0.943. The summed E-state index contributed by atoms with van der Waals surface area (Å²) < 4.78 is 11.3. The summed E-state index contributed by atoms with van der Waals surface area (Å²) in [6.45, 7) is 0.697. The number of carbonyl (C=O) groups excluding carboxylic acids is 1. The van der Waals surface area contributed by atoms with E-state index in [0.29, 0.717) is 21.7 Å². The first-order chi connectivity index (χ1) is 9.22. The molecule has 1 aliphatic rings. The molecule has 6 nitrogen and oxygen atoms in total. The summed E-state index contributed by atoms with van der Waals surface area (Å²) in [5, 5.41) is 10.2. The number of hydrogen-bond donors (Lipinski definition) is 1. The predicted octanol–water partition coefficient (Wildman–Crippen LogP) is 2.89. The molecule has 1 unspecified atom stereocenters. The molecule has 3 rings (SSSR count). The van der Waals surface area contributed by atoms with Crippen LogP contribution < -0.4 is 5.32 Å². The number of carbonyl (C=O) groups is 1. The van der Waals surface area contributed by atoms with Crippen molar-refractivity contribution in [3.63, 3.8) is 0 Å². The van der Waals surface area contributed by atoms with Gasteiger partial charge in [0.25, 0.3) is 5.91 Å². The van der Waals surface area contributed by atoms with Gasteiger partial charge in [0.15, 0.2) is 0 Å². The van der Waals surface area contributed by atoms with Crippen LogP contribution in [0.4, 0.5) is 6.01 Å². The van der Waals surface area contributed by atoms with E-state index in [1.807, 2.05) is 0 Å². The molecule has 8 heteroatoms. The lowest BCUT2D eigenvalue weighted by Crippen LogP contribution is -2.10. The fraction of sp³-hybridized carbons (Fsp3) is 0.364. The normalized spacial score (nSPS) is 18.7. The second-order valence-electron chi connectivity index (χ2n) is 4.00. The number of rotatable bonds is 3. The van der Waals surface area contributed by atoms with Crippen LogP contribution >= 0.6 is 22.9 Å². The smallest absolute Gasteiger partial charge is 0.322 e. The van der Waals surface area contributed by atoms with E-state index in [2.05, 4.69) is 15.5 Å². The fourth-order valence-electron chi connectivity index (χ4n) is 1.78. The lowest BCUT2D eigenvalue weighted by Gasteiger charge is -2.01. The highest BCUT2D eigenvalue weighted by Gasteiger charge is 2.24. The zero-order chi connectivity index (χ0) is 13.2. The van der Waals surface area contributed by atoms with Gasteiger partial charge in [0.1, 0.15) is 6.10 Å². The van der Waals surface area contributed by atoms with Crippen LogP contribution in [-0.2, 0) is 4.74 Å². The Morgan fingerprint density at radius 2 is 2.37 bits per heavy atom. The van der Waals surface area contributed by atoms with Crippen LogP contribution in [0.1, 0.15) is 34.5 Å². The zero-order valence-electron chi connectivity index (χ0n) is 9.76. The molecular formula is C11H10ClN3O3S. The van der Waals surface area contributed by atoms with Crippen molar-refractivity contribution in [3.05, 3.63) is 27.2 Å². The first kappa shape index (κ1) is 12.6. The van der Waals surface area contributed by atoms with E-state index in [1.54, 1.807) is 12.1 Å². The molecule has 19 heavy (non-hydrogen) atoms. The predicted molar refractivity (Wildman–Crippen MR) is 69.5 cm³/mol. The molecule has 1 fully saturated rings. The SMILES string of the molecule is O=C(Nc1nnc(C2CCCO2)o1)c1ccc(Cl)s1. The van der Waals surface area contributed by atoms with Gasteiger partial charge in [0.05, 0.1) is 9.21 Å². The molecule has 0 spiro atoms. The van der Waals surface area contributed by atoms with E-state index in [4.69, 9.17) is 20.8 Å². The van der Waals surface area contributed by atoms with E-state index >= 15 is 0 Å². The number of nitrogens with zero attached hydrogens (tertiary/aromatic N) is 2. The summed E-state index contributed by atoms with van der Waals surface area (Å²) >= 11 is 6.95. The number of aromatic nitrogens is 2. The van der Waals surface area contributed by atoms with Crippen LogP contribution in [0.2, 0.25) is 4.34 Å². The van der Waals surface area contributed by atoms with Crippen LogP contribution in [0, 0.1) is 0 Å². The summed E-state index contributed by atoms with van der Waals surface area (Å²) in [6, 6.07) is 3.37. The molecule has 3 heterocycles. The Hall–Kier alpha value is -1.44. The third-order valence-corrected chi connectivity index (χ3v) is 3.89.